The second kappa shape index (κ2) is 8.95. The lowest BCUT2D eigenvalue weighted by molar-refractivity contribution is 0.0370. The van der Waals surface area contributed by atoms with E-state index >= 15 is 0 Å². The SMILES string of the molecule is Cc1cc([C@@H](C)Nc2ccc(Cl)nc2C(=O)O)c2nc(N3CC4CCC3CC4O)c(C#N)nc2c1. The predicted octanol–water partition coefficient (Wildman–Crippen LogP) is 4.08. The largest absolute Gasteiger partial charge is 0.476 e. The Balaban J connectivity index is 1.58. The molecule has 2 aromatic heterocycles. The molecule has 3 fully saturated rings. The van der Waals surface area contributed by atoms with E-state index in [2.05, 4.69) is 26.3 Å². The highest BCUT2D eigenvalue weighted by molar-refractivity contribution is 6.29. The van der Waals surface area contributed by atoms with Crippen molar-refractivity contribution < 1.29 is 15.0 Å². The van der Waals surface area contributed by atoms with Crippen LogP contribution in [0.1, 0.15) is 59.5 Å². The first-order chi connectivity index (χ1) is 16.7. The van der Waals surface area contributed by atoms with Crippen LogP contribution in [0.15, 0.2) is 24.3 Å². The van der Waals surface area contributed by atoms with Gasteiger partial charge in [0, 0.05) is 24.1 Å². The van der Waals surface area contributed by atoms with E-state index in [9.17, 15) is 20.3 Å². The number of rotatable bonds is 5. The number of halogens is 1. The molecule has 180 valence electrons. The van der Waals surface area contributed by atoms with Crippen LogP contribution in [0.3, 0.4) is 0 Å². The van der Waals surface area contributed by atoms with Gasteiger partial charge in [0.15, 0.2) is 17.2 Å². The first-order valence-corrected chi connectivity index (χ1v) is 12.0. The van der Waals surface area contributed by atoms with Crippen molar-refractivity contribution in [2.24, 2.45) is 5.92 Å². The highest BCUT2D eigenvalue weighted by Gasteiger charge is 2.41. The summed E-state index contributed by atoms with van der Waals surface area (Å²) in [6, 6.07) is 9.00. The van der Waals surface area contributed by atoms with Gasteiger partial charge in [0.05, 0.1) is 28.9 Å². The summed E-state index contributed by atoms with van der Waals surface area (Å²) in [6.07, 6.45) is 2.27. The van der Waals surface area contributed by atoms with E-state index in [1.54, 1.807) is 6.07 Å². The first kappa shape index (κ1) is 23.3. The van der Waals surface area contributed by atoms with Crippen molar-refractivity contribution in [2.75, 3.05) is 16.8 Å². The zero-order valence-corrected chi connectivity index (χ0v) is 20.1. The molecule has 0 spiro atoms. The zero-order valence-electron chi connectivity index (χ0n) is 19.4. The number of anilines is 2. The van der Waals surface area contributed by atoms with E-state index in [4.69, 9.17) is 16.6 Å². The van der Waals surface area contributed by atoms with Crippen LogP contribution in [-0.4, -0.2) is 49.8 Å². The number of carboxylic acid groups (broad SMARTS) is 1. The first-order valence-electron chi connectivity index (χ1n) is 11.6. The van der Waals surface area contributed by atoms with Gasteiger partial charge in [0.25, 0.3) is 0 Å². The van der Waals surface area contributed by atoms with Gasteiger partial charge >= 0.3 is 5.97 Å². The molecule has 35 heavy (non-hydrogen) atoms. The molecule has 3 N–H and O–H groups in total. The van der Waals surface area contributed by atoms with Crippen LogP contribution in [0.5, 0.6) is 0 Å². The molecule has 0 amide bonds. The number of aromatic carboxylic acids is 1. The van der Waals surface area contributed by atoms with Crippen LogP contribution >= 0.6 is 11.6 Å². The van der Waals surface area contributed by atoms with Gasteiger partial charge in [0.1, 0.15) is 11.2 Å². The number of hydrogen-bond donors (Lipinski definition) is 3. The summed E-state index contributed by atoms with van der Waals surface area (Å²) >= 11 is 5.90. The molecule has 1 saturated carbocycles. The van der Waals surface area contributed by atoms with Crippen molar-refractivity contribution in [3.8, 4) is 6.07 Å². The number of nitrogens with one attached hydrogen (secondary N) is 1. The number of fused-ring (bicyclic) bond motifs is 4. The molecule has 4 heterocycles. The second-order valence-electron chi connectivity index (χ2n) is 9.38. The minimum absolute atomic E-state index is 0.0992. The Morgan fingerprint density at radius 2 is 2.09 bits per heavy atom. The standard InChI is InChI=1S/C25H25ClN6O3/c1-12-7-16(13(2)28-17-5-6-21(26)30-23(17)25(34)35)22-18(8-12)29-19(10-27)24(31-22)32-11-14-3-4-15(32)9-20(14)33/h5-8,13-15,20,28,33H,3-4,9,11H2,1-2H3,(H,34,35)/t13-,14?,15?,20?/m1/s1. The molecular formula is C25H25ClN6O3. The minimum atomic E-state index is -1.18. The summed E-state index contributed by atoms with van der Waals surface area (Å²) in [5, 5.41) is 33.1. The highest BCUT2D eigenvalue weighted by atomic mass is 35.5. The molecule has 3 aliphatic rings. The molecule has 3 unspecified atom stereocenters. The number of nitriles is 1. The lowest BCUT2D eigenvalue weighted by Gasteiger charge is -2.48. The van der Waals surface area contributed by atoms with E-state index in [1.165, 1.54) is 6.07 Å². The molecule has 1 aliphatic carbocycles. The number of benzene rings is 1. The lowest BCUT2D eigenvalue weighted by Crippen LogP contribution is -2.54. The molecule has 3 aromatic rings. The maximum absolute atomic E-state index is 11.7. The van der Waals surface area contributed by atoms with Crippen LogP contribution in [0.2, 0.25) is 5.15 Å². The Bertz CT molecular complexity index is 1370. The number of aryl methyl sites for hydroxylation is 1. The number of carboxylic acids is 1. The summed E-state index contributed by atoms with van der Waals surface area (Å²) < 4.78 is 0. The normalized spacial score (nSPS) is 22.1. The maximum Gasteiger partial charge on any atom is 0.356 e. The van der Waals surface area contributed by atoms with Gasteiger partial charge in [-0.3, -0.25) is 0 Å². The molecule has 9 nitrogen and oxygen atoms in total. The van der Waals surface area contributed by atoms with Gasteiger partial charge in [-0.15, -0.1) is 0 Å². The minimum Gasteiger partial charge on any atom is -0.476 e. The average Bonchev–Trinajstić information content (AvgIpc) is 2.83. The maximum atomic E-state index is 11.7. The van der Waals surface area contributed by atoms with E-state index in [0.29, 0.717) is 35.5 Å². The Kier molecular flexibility index (Phi) is 5.95. The van der Waals surface area contributed by atoms with Crippen molar-refractivity contribution in [1.29, 1.82) is 5.26 Å². The monoisotopic (exact) mass is 492 g/mol. The molecule has 2 saturated heterocycles. The molecule has 2 bridgehead atoms. The van der Waals surface area contributed by atoms with E-state index in [-0.39, 0.29) is 40.6 Å². The number of aliphatic hydroxyl groups excluding tert-OH is 1. The predicted molar refractivity (Wildman–Crippen MR) is 132 cm³/mol. The number of aliphatic hydroxyl groups is 1. The topological polar surface area (TPSA) is 135 Å². The van der Waals surface area contributed by atoms with Crippen LogP contribution < -0.4 is 10.2 Å². The number of nitrogens with zero attached hydrogens (tertiary/aromatic N) is 5. The Labute approximate surface area is 207 Å². The van der Waals surface area contributed by atoms with Crippen molar-refractivity contribution in [3.05, 3.63) is 51.9 Å². The Morgan fingerprint density at radius 3 is 2.74 bits per heavy atom. The van der Waals surface area contributed by atoms with Crippen molar-refractivity contribution in [3.63, 3.8) is 0 Å². The molecular weight excluding hydrogens is 468 g/mol. The number of hydrogen-bond acceptors (Lipinski definition) is 8. The molecule has 6 rings (SSSR count). The number of carbonyl (C=O) groups is 1. The molecule has 1 aromatic carbocycles. The van der Waals surface area contributed by atoms with Gasteiger partial charge in [-0.1, -0.05) is 17.7 Å². The molecule has 4 atom stereocenters. The van der Waals surface area contributed by atoms with Crippen LogP contribution in [0.25, 0.3) is 11.0 Å². The molecule has 0 radical (unpaired) electrons. The third-order valence-electron chi connectivity index (χ3n) is 7.01. The van der Waals surface area contributed by atoms with Gasteiger partial charge in [0.2, 0.25) is 0 Å². The van der Waals surface area contributed by atoms with Crippen molar-refractivity contribution in [1.82, 2.24) is 15.0 Å². The van der Waals surface area contributed by atoms with Gasteiger partial charge in [-0.05, 0) is 56.9 Å². The quantitative estimate of drug-likeness (QED) is 0.450. The van der Waals surface area contributed by atoms with Crippen molar-refractivity contribution >= 4 is 40.1 Å². The Morgan fingerprint density at radius 1 is 1.29 bits per heavy atom. The van der Waals surface area contributed by atoms with E-state index < -0.39 is 5.97 Å². The summed E-state index contributed by atoms with van der Waals surface area (Å²) in [5.74, 6) is -0.480. The summed E-state index contributed by atoms with van der Waals surface area (Å²) in [5.41, 5.74) is 3.46. The Hall–Kier alpha value is -3.48. The van der Waals surface area contributed by atoms with Gasteiger partial charge < -0.3 is 20.4 Å². The fourth-order valence-corrected chi connectivity index (χ4v) is 5.45. The number of pyridine rings is 1. The van der Waals surface area contributed by atoms with Crippen LogP contribution in [0.4, 0.5) is 11.5 Å². The molecule has 10 heteroatoms. The third kappa shape index (κ3) is 4.24. The highest BCUT2D eigenvalue weighted by Crippen LogP contribution is 2.39. The summed E-state index contributed by atoms with van der Waals surface area (Å²) in [6.45, 7) is 4.50. The lowest BCUT2D eigenvalue weighted by atomic mass is 9.77. The summed E-state index contributed by atoms with van der Waals surface area (Å²) in [4.78, 5) is 27.4. The number of aromatic nitrogens is 3. The number of piperidine rings is 2. The van der Waals surface area contributed by atoms with Gasteiger partial charge in [-0.25, -0.2) is 19.7 Å². The van der Waals surface area contributed by atoms with Crippen LogP contribution in [-0.2, 0) is 0 Å². The summed E-state index contributed by atoms with van der Waals surface area (Å²) in [7, 11) is 0. The smallest absolute Gasteiger partial charge is 0.356 e. The second-order valence-corrected chi connectivity index (χ2v) is 9.76. The average molecular weight is 493 g/mol. The third-order valence-corrected chi connectivity index (χ3v) is 7.22. The van der Waals surface area contributed by atoms with Crippen LogP contribution in [0, 0.1) is 24.2 Å². The fraction of sp³-hybridized carbons (Fsp3) is 0.400. The fourth-order valence-electron chi connectivity index (χ4n) is 5.30. The van der Waals surface area contributed by atoms with E-state index in [1.807, 2.05) is 26.0 Å². The van der Waals surface area contributed by atoms with Crippen molar-refractivity contribution in [2.45, 2.75) is 51.3 Å². The zero-order chi connectivity index (χ0) is 24.9. The van der Waals surface area contributed by atoms with E-state index in [0.717, 1.165) is 24.0 Å². The molecule has 2 aliphatic heterocycles. The van der Waals surface area contributed by atoms with Gasteiger partial charge in [-0.2, -0.15) is 5.26 Å².